The number of benzene rings is 3. The van der Waals surface area contributed by atoms with Crippen LogP contribution in [-0.2, 0) is 15.5 Å². The molecular formula is C20H20N2O4S. The van der Waals surface area contributed by atoms with Crippen LogP contribution in [0.1, 0.15) is 26.3 Å². The van der Waals surface area contributed by atoms with Crippen molar-refractivity contribution in [3.8, 4) is 5.75 Å². The lowest BCUT2D eigenvalue weighted by Gasteiger charge is -2.20. The van der Waals surface area contributed by atoms with E-state index in [0.717, 1.165) is 10.9 Å². The smallest absolute Gasteiger partial charge is 0.294 e. The van der Waals surface area contributed by atoms with Crippen LogP contribution in [0.3, 0.4) is 0 Å². The highest BCUT2D eigenvalue weighted by atomic mass is 32.2. The van der Waals surface area contributed by atoms with Crippen LogP contribution in [0.15, 0.2) is 69.7 Å². The van der Waals surface area contributed by atoms with E-state index in [1.165, 1.54) is 12.1 Å². The van der Waals surface area contributed by atoms with E-state index in [9.17, 15) is 13.5 Å². The van der Waals surface area contributed by atoms with E-state index in [0.29, 0.717) is 16.8 Å². The largest absolute Gasteiger partial charge is 0.508 e. The molecule has 27 heavy (non-hydrogen) atoms. The Hall–Kier alpha value is -2.77. The molecule has 140 valence electrons. The second-order valence-electron chi connectivity index (χ2n) is 7.32. The van der Waals surface area contributed by atoms with Crippen molar-refractivity contribution in [1.29, 1.82) is 0 Å². The average molecular weight is 384 g/mol. The lowest BCUT2D eigenvalue weighted by Crippen LogP contribution is -2.10. The van der Waals surface area contributed by atoms with Gasteiger partial charge in [0.05, 0.1) is 16.3 Å². The van der Waals surface area contributed by atoms with E-state index in [-0.39, 0.29) is 16.1 Å². The Labute approximate surface area is 157 Å². The van der Waals surface area contributed by atoms with Gasteiger partial charge in [-0.05, 0) is 58.7 Å². The molecule has 0 aliphatic heterocycles. The molecule has 0 atom stereocenters. The summed E-state index contributed by atoms with van der Waals surface area (Å²) in [6.45, 7) is 6.02. The SMILES string of the molecule is CC(C)(C)c1cc(N=Nc2ccc3cc(S(=O)(=O)O)ccc3c2)ccc1O. The molecule has 3 aromatic carbocycles. The second kappa shape index (κ2) is 6.75. The maximum absolute atomic E-state index is 11.2. The molecule has 7 heteroatoms. The third-order valence-electron chi connectivity index (χ3n) is 4.16. The van der Waals surface area contributed by atoms with E-state index in [1.54, 1.807) is 42.5 Å². The Kier molecular flexibility index (Phi) is 4.75. The first-order chi connectivity index (χ1) is 12.5. The molecule has 0 heterocycles. The zero-order valence-corrected chi connectivity index (χ0v) is 16.0. The number of rotatable bonds is 3. The van der Waals surface area contributed by atoms with Crippen LogP contribution >= 0.6 is 0 Å². The maximum Gasteiger partial charge on any atom is 0.294 e. The fraction of sp³-hybridized carbons (Fsp3) is 0.200. The molecule has 0 bridgehead atoms. The molecule has 2 N–H and O–H groups in total. The van der Waals surface area contributed by atoms with Gasteiger partial charge in [0.1, 0.15) is 5.75 Å². The van der Waals surface area contributed by atoms with Crippen LogP contribution in [0.5, 0.6) is 5.75 Å². The quantitative estimate of drug-likeness (QED) is 0.460. The molecule has 0 saturated heterocycles. The monoisotopic (exact) mass is 384 g/mol. The summed E-state index contributed by atoms with van der Waals surface area (Å²) in [6, 6.07) is 14.7. The summed E-state index contributed by atoms with van der Waals surface area (Å²) in [4.78, 5) is -0.150. The summed E-state index contributed by atoms with van der Waals surface area (Å²) in [5, 5.41) is 19.9. The molecule has 0 aromatic heterocycles. The van der Waals surface area contributed by atoms with Gasteiger partial charge in [0.15, 0.2) is 0 Å². The summed E-state index contributed by atoms with van der Waals surface area (Å²) >= 11 is 0. The van der Waals surface area contributed by atoms with Crippen molar-refractivity contribution in [2.45, 2.75) is 31.1 Å². The van der Waals surface area contributed by atoms with Gasteiger partial charge in [-0.15, -0.1) is 0 Å². The summed E-state index contributed by atoms with van der Waals surface area (Å²) in [5.74, 6) is 0.224. The van der Waals surface area contributed by atoms with Crippen molar-refractivity contribution < 1.29 is 18.1 Å². The van der Waals surface area contributed by atoms with Crippen LogP contribution in [0, 0.1) is 0 Å². The number of aromatic hydroxyl groups is 1. The van der Waals surface area contributed by atoms with E-state index in [1.807, 2.05) is 20.8 Å². The van der Waals surface area contributed by atoms with Crippen molar-refractivity contribution in [3.63, 3.8) is 0 Å². The summed E-state index contributed by atoms with van der Waals surface area (Å²) in [5.41, 5.74) is 1.80. The third-order valence-corrected chi connectivity index (χ3v) is 5.01. The first-order valence-electron chi connectivity index (χ1n) is 8.30. The van der Waals surface area contributed by atoms with Gasteiger partial charge in [-0.2, -0.15) is 18.6 Å². The van der Waals surface area contributed by atoms with Crippen molar-refractivity contribution in [3.05, 3.63) is 60.2 Å². The fourth-order valence-corrected chi connectivity index (χ4v) is 3.25. The molecule has 6 nitrogen and oxygen atoms in total. The zero-order valence-electron chi connectivity index (χ0n) is 15.2. The highest BCUT2D eigenvalue weighted by Crippen LogP contribution is 2.34. The van der Waals surface area contributed by atoms with E-state index < -0.39 is 10.1 Å². The standard InChI is InChI=1S/C20H20N2O4S/c1-20(2,3)18-12-16(7-9-19(18)23)22-21-15-6-4-14-11-17(27(24,25)26)8-5-13(14)10-15/h4-12,23H,1-3H3,(H,24,25,26). The Morgan fingerprint density at radius 3 is 2.00 bits per heavy atom. The number of nitrogens with zero attached hydrogens (tertiary/aromatic N) is 2. The number of phenols is 1. The highest BCUT2D eigenvalue weighted by molar-refractivity contribution is 7.85. The van der Waals surface area contributed by atoms with Crippen LogP contribution < -0.4 is 0 Å². The van der Waals surface area contributed by atoms with Crippen molar-refractivity contribution in [2.24, 2.45) is 10.2 Å². The summed E-state index contributed by atoms with van der Waals surface area (Å²) < 4.78 is 31.6. The van der Waals surface area contributed by atoms with Gasteiger partial charge in [0, 0.05) is 5.56 Å². The molecule has 0 aliphatic carbocycles. The summed E-state index contributed by atoms with van der Waals surface area (Å²) in [6.07, 6.45) is 0. The predicted octanol–water partition coefficient (Wildman–Crippen LogP) is 5.51. The van der Waals surface area contributed by atoms with Gasteiger partial charge in [0.2, 0.25) is 0 Å². The number of phenolic OH excluding ortho intramolecular Hbond substituents is 1. The number of hydrogen-bond donors (Lipinski definition) is 2. The highest BCUT2D eigenvalue weighted by Gasteiger charge is 2.18. The lowest BCUT2D eigenvalue weighted by atomic mass is 9.86. The van der Waals surface area contributed by atoms with Gasteiger partial charge >= 0.3 is 0 Å². The van der Waals surface area contributed by atoms with Gasteiger partial charge in [-0.3, -0.25) is 4.55 Å². The maximum atomic E-state index is 11.2. The molecule has 0 unspecified atom stereocenters. The van der Waals surface area contributed by atoms with Crippen molar-refractivity contribution in [1.82, 2.24) is 0 Å². The average Bonchev–Trinajstić information content (AvgIpc) is 2.58. The molecule has 0 aliphatic rings. The van der Waals surface area contributed by atoms with E-state index >= 15 is 0 Å². The molecular weight excluding hydrogens is 364 g/mol. The Morgan fingerprint density at radius 2 is 1.37 bits per heavy atom. The van der Waals surface area contributed by atoms with Gasteiger partial charge < -0.3 is 5.11 Å². The second-order valence-corrected chi connectivity index (χ2v) is 8.74. The minimum Gasteiger partial charge on any atom is -0.508 e. The van der Waals surface area contributed by atoms with Crippen LogP contribution in [0.2, 0.25) is 0 Å². The third kappa shape index (κ3) is 4.32. The van der Waals surface area contributed by atoms with Crippen LogP contribution in [-0.4, -0.2) is 18.1 Å². The fourth-order valence-electron chi connectivity index (χ4n) is 2.74. The Balaban J connectivity index is 1.93. The molecule has 0 radical (unpaired) electrons. The zero-order chi connectivity index (χ0) is 19.8. The summed E-state index contributed by atoms with van der Waals surface area (Å²) in [7, 11) is -4.23. The van der Waals surface area contributed by atoms with E-state index in [2.05, 4.69) is 10.2 Å². The number of hydrogen-bond acceptors (Lipinski definition) is 5. The van der Waals surface area contributed by atoms with Crippen LogP contribution in [0.25, 0.3) is 10.8 Å². The predicted molar refractivity (Wildman–Crippen MR) is 105 cm³/mol. The van der Waals surface area contributed by atoms with Crippen LogP contribution in [0.4, 0.5) is 11.4 Å². The van der Waals surface area contributed by atoms with Crippen molar-refractivity contribution >= 4 is 32.3 Å². The molecule has 0 fully saturated rings. The molecule has 3 rings (SSSR count). The first-order valence-corrected chi connectivity index (χ1v) is 9.75. The normalized spacial score (nSPS) is 12.7. The van der Waals surface area contributed by atoms with Gasteiger partial charge in [0.25, 0.3) is 10.1 Å². The number of fused-ring (bicyclic) bond motifs is 1. The van der Waals surface area contributed by atoms with Crippen molar-refractivity contribution in [2.75, 3.05) is 0 Å². The minimum atomic E-state index is -4.23. The number of azo groups is 1. The van der Waals surface area contributed by atoms with Gasteiger partial charge in [-0.25, -0.2) is 0 Å². The topological polar surface area (TPSA) is 99.3 Å². The first kappa shape index (κ1) is 19.0. The lowest BCUT2D eigenvalue weighted by molar-refractivity contribution is 0.447. The molecule has 0 spiro atoms. The molecule has 0 saturated carbocycles. The minimum absolute atomic E-state index is 0.150. The van der Waals surface area contributed by atoms with E-state index in [4.69, 9.17) is 4.55 Å². The molecule has 3 aromatic rings. The Morgan fingerprint density at radius 1 is 0.815 bits per heavy atom. The molecule has 0 amide bonds. The van der Waals surface area contributed by atoms with Gasteiger partial charge in [-0.1, -0.05) is 32.9 Å². The Bertz CT molecular complexity index is 1150.